The van der Waals surface area contributed by atoms with Gasteiger partial charge in [0.2, 0.25) is 5.91 Å². The second-order valence-corrected chi connectivity index (χ2v) is 5.51. The molecule has 1 aromatic heterocycles. The zero-order valence-electron chi connectivity index (χ0n) is 11.8. The molecule has 106 valence electrons. The lowest BCUT2D eigenvalue weighted by Gasteiger charge is -2.28. The summed E-state index contributed by atoms with van der Waals surface area (Å²) in [6, 6.07) is 3.36. The molecule has 0 bridgehead atoms. The lowest BCUT2D eigenvalue weighted by Crippen LogP contribution is -2.47. The fourth-order valence-corrected chi connectivity index (χ4v) is 2.60. The zero-order chi connectivity index (χ0) is 14.9. The number of carbonyl (C=O) groups excluding carboxylic acids is 2. The maximum absolute atomic E-state index is 11.9. The molecule has 0 saturated carbocycles. The monoisotopic (exact) mass is 292 g/mol. The molecule has 2 rings (SSSR count). The highest BCUT2D eigenvalue weighted by atomic mass is 32.1. The van der Waals surface area contributed by atoms with Crippen molar-refractivity contribution in [2.45, 2.75) is 13.8 Å². The van der Waals surface area contributed by atoms with E-state index in [4.69, 9.17) is 0 Å². The first-order valence-corrected chi connectivity index (χ1v) is 7.02. The third-order valence-electron chi connectivity index (χ3n) is 3.09. The third kappa shape index (κ3) is 2.62. The van der Waals surface area contributed by atoms with Gasteiger partial charge in [0.05, 0.1) is 16.5 Å². The lowest BCUT2D eigenvalue weighted by atomic mass is 10.1. The van der Waals surface area contributed by atoms with Crippen LogP contribution in [0.4, 0.5) is 4.79 Å². The average molecular weight is 292 g/mol. The first kappa shape index (κ1) is 14.4. The van der Waals surface area contributed by atoms with Gasteiger partial charge in [0.15, 0.2) is 0 Å². The zero-order valence-corrected chi connectivity index (χ0v) is 12.6. The van der Waals surface area contributed by atoms with E-state index >= 15 is 0 Å². The Kier molecular flexibility index (Phi) is 3.99. The molecule has 1 atom stereocenters. The summed E-state index contributed by atoms with van der Waals surface area (Å²) < 4.78 is 0. The molecule has 0 fully saturated rings. The van der Waals surface area contributed by atoms with Crippen LogP contribution in [0.1, 0.15) is 18.7 Å². The van der Waals surface area contributed by atoms with Gasteiger partial charge in [0.25, 0.3) is 0 Å². The number of hydrogen-bond acceptors (Lipinski definition) is 5. The van der Waals surface area contributed by atoms with Crippen LogP contribution in [0, 0.1) is 5.92 Å². The van der Waals surface area contributed by atoms with Crippen LogP contribution in [0.15, 0.2) is 27.6 Å². The first-order valence-electron chi connectivity index (χ1n) is 6.14. The van der Waals surface area contributed by atoms with Crippen molar-refractivity contribution in [1.29, 1.82) is 0 Å². The van der Waals surface area contributed by atoms with E-state index in [1.165, 1.54) is 12.1 Å². The van der Waals surface area contributed by atoms with Crippen molar-refractivity contribution in [1.82, 2.24) is 9.91 Å². The fraction of sp³-hybridized carbons (Fsp3) is 0.385. The molecule has 0 N–H and O–H groups in total. The van der Waals surface area contributed by atoms with Crippen LogP contribution in [0.25, 0.3) is 0 Å². The van der Waals surface area contributed by atoms with Crippen molar-refractivity contribution in [2.24, 2.45) is 16.0 Å². The van der Waals surface area contributed by atoms with E-state index < -0.39 is 11.9 Å². The molecular formula is C13H16N4O2S. The number of nitrogens with zero attached hydrogens (tertiary/aromatic N) is 4. The molecule has 3 amide bonds. The summed E-state index contributed by atoms with van der Waals surface area (Å²) in [5.41, 5.74) is 0.816. The Morgan fingerprint density at radius 1 is 1.50 bits per heavy atom. The summed E-state index contributed by atoms with van der Waals surface area (Å²) >= 11 is 1.58. The van der Waals surface area contributed by atoms with Gasteiger partial charge in [-0.25, -0.2) is 4.79 Å². The summed E-state index contributed by atoms with van der Waals surface area (Å²) in [4.78, 5) is 29.5. The van der Waals surface area contributed by atoms with Crippen molar-refractivity contribution in [3.63, 3.8) is 0 Å². The molecule has 0 aromatic carbocycles. The van der Waals surface area contributed by atoms with Crippen LogP contribution in [-0.2, 0) is 4.79 Å². The van der Waals surface area contributed by atoms with E-state index in [-0.39, 0.29) is 5.91 Å². The molecule has 0 saturated heterocycles. The number of amides is 3. The van der Waals surface area contributed by atoms with E-state index in [0.29, 0.717) is 5.84 Å². The number of hydrazone groups is 1. The Hall–Kier alpha value is -2.02. The molecule has 1 aliphatic heterocycles. The maximum Gasteiger partial charge on any atom is 0.351 e. The molecule has 1 aromatic rings. The first-order chi connectivity index (χ1) is 9.41. The number of rotatable bonds is 2. The number of hydrogen-bond donors (Lipinski definition) is 0. The minimum absolute atomic E-state index is 0.268. The lowest BCUT2D eigenvalue weighted by molar-refractivity contribution is -0.129. The maximum atomic E-state index is 11.9. The molecular weight excluding hydrogens is 276 g/mol. The van der Waals surface area contributed by atoms with Crippen LogP contribution in [0.3, 0.4) is 0 Å². The quantitative estimate of drug-likeness (QED) is 0.619. The average Bonchev–Trinajstić information content (AvgIpc) is 2.94. The molecule has 1 unspecified atom stereocenters. The number of aliphatic imine (C=N–C) groups is 1. The molecule has 0 spiro atoms. The molecule has 2 heterocycles. The van der Waals surface area contributed by atoms with Gasteiger partial charge in [0, 0.05) is 14.1 Å². The Bertz CT molecular complexity index is 592. The number of carbonyl (C=O) groups is 2. The molecule has 6 nitrogen and oxygen atoms in total. The van der Waals surface area contributed by atoms with Crippen molar-refractivity contribution in [3.05, 3.63) is 22.4 Å². The van der Waals surface area contributed by atoms with E-state index in [9.17, 15) is 9.59 Å². The van der Waals surface area contributed by atoms with Crippen molar-refractivity contribution in [2.75, 3.05) is 14.1 Å². The smallest absolute Gasteiger partial charge is 0.274 e. The number of thiophene rings is 1. The predicted molar refractivity (Wildman–Crippen MR) is 79.1 cm³/mol. The second kappa shape index (κ2) is 5.54. The summed E-state index contributed by atoms with van der Waals surface area (Å²) in [6.07, 6.45) is 0. The van der Waals surface area contributed by atoms with Gasteiger partial charge >= 0.3 is 6.03 Å². The van der Waals surface area contributed by atoms with E-state index in [1.54, 1.807) is 25.3 Å². The Morgan fingerprint density at radius 2 is 2.20 bits per heavy atom. The summed E-state index contributed by atoms with van der Waals surface area (Å²) in [7, 11) is 3.12. The molecule has 1 aliphatic rings. The summed E-state index contributed by atoms with van der Waals surface area (Å²) in [5, 5.41) is 7.87. The van der Waals surface area contributed by atoms with Gasteiger partial charge in [-0.3, -0.25) is 14.7 Å². The highest BCUT2D eigenvalue weighted by Gasteiger charge is 2.34. The van der Waals surface area contributed by atoms with Crippen molar-refractivity contribution in [3.8, 4) is 0 Å². The van der Waals surface area contributed by atoms with Gasteiger partial charge in [-0.2, -0.15) is 10.1 Å². The Labute approximate surface area is 121 Å². The molecule has 0 aliphatic carbocycles. The van der Waals surface area contributed by atoms with Gasteiger partial charge < -0.3 is 0 Å². The van der Waals surface area contributed by atoms with Crippen LogP contribution in [0.5, 0.6) is 0 Å². The molecule has 20 heavy (non-hydrogen) atoms. The minimum Gasteiger partial charge on any atom is -0.274 e. The summed E-state index contributed by atoms with van der Waals surface area (Å²) in [5.74, 6) is -0.382. The van der Waals surface area contributed by atoms with Crippen molar-refractivity contribution >= 4 is 34.8 Å². The number of imide groups is 1. The Balaban J connectivity index is 2.27. The van der Waals surface area contributed by atoms with Crippen molar-refractivity contribution < 1.29 is 9.59 Å². The Morgan fingerprint density at radius 3 is 2.80 bits per heavy atom. The topological polar surface area (TPSA) is 65.3 Å². The van der Waals surface area contributed by atoms with Gasteiger partial charge in [-0.05, 0) is 25.3 Å². The van der Waals surface area contributed by atoms with Gasteiger partial charge in [0.1, 0.15) is 5.84 Å². The van der Waals surface area contributed by atoms with Gasteiger partial charge in [-0.15, -0.1) is 11.3 Å². The molecule has 7 heteroatoms. The second-order valence-electron chi connectivity index (χ2n) is 4.56. The van der Waals surface area contributed by atoms with Gasteiger partial charge in [-0.1, -0.05) is 6.07 Å². The molecule has 0 radical (unpaired) electrons. The largest absolute Gasteiger partial charge is 0.351 e. The van der Waals surface area contributed by atoms with Crippen LogP contribution in [0.2, 0.25) is 0 Å². The SMILES string of the molecule is C/C(=N\N(C)C1=NC(=O)N(C)C(=O)C1C)c1cccs1. The minimum atomic E-state index is -0.557. The normalized spacial score (nSPS) is 20.2. The third-order valence-corrected chi connectivity index (χ3v) is 4.07. The highest BCUT2D eigenvalue weighted by Crippen LogP contribution is 2.16. The van der Waals surface area contributed by atoms with E-state index in [0.717, 1.165) is 15.5 Å². The van der Waals surface area contributed by atoms with E-state index in [2.05, 4.69) is 10.1 Å². The van der Waals surface area contributed by atoms with Crippen LogP contribution >= 0.6 is 11.3 Å². The summed E-state index contributed by atoms with van der Waals surface area (Å²) in [6.45, 7) is 3.60. The van der Waals surface area contributed by atoms with Crippen LogP contribution in [-0.4, -0.2) is 47.5 Å². The number of amidine groups is 1. The fourth-order valence-electron chi connectivity index (χ4n) is 1.93. The standard InChI is InChI=1S/C13H16N4O2S/c1-8-11(14-13(19)16(3)12(8)18)17(4)15-9(2)10-6-5-7-20-10/h5-8H,1-4H3/b15-9+. The predicted octanol–water partition coefficient (Wildman–Crippen LogP) is 2.03. The highest BCUT2D eigenvalue weighted by molar-refractivity contribution is 7.12. The number of urea groups is 1. The van der Waals surface area contributed by atoms with Crippen LogP contribution < -0.4 is 0 Å². The van der Waals surface area contributed by atoms with E-state index in [1.807, 2.05) is 24.4 Å².